The molecule has 10 heteroatoms. The molecule has 1 N–H and O–H groups in total. The van der Waals surface area contributed by atoms with Crippen LogP contribution in [0.2, 0.25) is 0 Å². The first-order valence-electron chi connectivity index (χ1n) is 9.21. The van der Waals surface area contributed by atoms with Crippen molar-refractivity contribution in [1.82, 2.24) is 29.4 Å². The molecule has 0 aliphatic carbocycles. The van der Waals surface area contributed by atoms with Crippen LogP contribution in [0.5, 0.6) is 0 Å². The van der Waals surface area contributed by atoms with Gasteiger partial charge in [0.1, 0.15) is 0 Å². The molecule has 8 nitrogen and oxygen atoms in total. The summed E-state index contributed by atoms with van der Waals surface area (Å²) in [5, 5.41) is 13.0. The van der Waals surface area contributed by atoms with Crippen molar-refractivity contribution in [1.29, 1.82) is 0 Å². The number of thioether (sulfide) groups is 1. The van der Waals surface area contributed by atoms with Gasteiger partial charge in [0.25, 0.3) is 5.56 Å². The summed E-state index contributed by atoms with van der Waals surface area (Å²) in [6.07, 6.45) is 1.66. The smallest absolute Gasteiger partial charge is 0.263 e. The van der Waals surface area contributed by atoms with E-state index in [4.69, 9.17) is 0 Å². The van der Waals surface area contributed by atoms with Gasteiger partial charge >= 0.3 is 0 Å². The highest BCUT2D eigenvalue weighted by Gasteiger charge is 2.22. The lowest BCUT2D eigenvalue weighted by Gasteiger charge is -2.31. The van der Waals surface area contributed by atoms with E-state index in [-0.39, 0.29) is 29.6 Å². The Bertz CT molecular complexity index is 1110. The van der Waals surface area contributed by atoms with E-state index in [0.29, 0.717) is 42.0 Å². The quantitative estimate of drug-likeness (QED) is 0.484. The Labute approximate surface area is 178 Å². The highest BCUT2D eigenvalue weighted by atomic mass is 35.5. The van der Waals surface area contributed by atoms with Gasteiger partial charge in [-0.1, -0.05) is 30.0 Å². The van der Waals surface area contributed by atoms with Gasteiger partial charge in [0, 0.05) is 32.2 Å². The number of aromatic nitrogens is 4. The summed E-state index contributed by atoms with van der Waals surface area (Å²) in [5.41, 5.74) is 0.608. The van der Waals surface area contributed by atoms with E-state index in [1.165, 1.54) is 11.8 Å². The first kappa shape index (κ1) is 21.4. The highest BCUT2D eigenvalue weighted by molar-refractivity contribution is 7.99. The molecule has 1 amide bonds. The summed E-state index contributed by atoms with van der Waals surface area (Å²) in [6.45, 7) is 8.38. The molecule has 1 aromatic carbocycles. The number of fused-ring (bicyclic) bond motifs is 3. The van der Waals surface area contributed by atoms with Crippen molar-refractivity contribution in [2.24, 2.45) is 0 Å². The van der Waals surface area contributed by atoms with Crippen LogP contribution in [0.4, 0.5) is 0 Å². The van der Waals surface area contributed by atoms with Crippen LogP contribution in [0.25, 0.3) is 16.7 Å². The molecular formula is C19H23ClN6O2S. The van der Waals surface area contributed by atoms with Crippen molar-refractivity contribution in [3.8, 4) is 0 Å². The Morgan fingerprint density at radius 2 is 2.17 bits per heavy atom. The Hall–Kier alpha value is -2.36. The van der Waals surface area contributed by atoms with E-state index in [9.17, 15) is 9.59 Å². The summed E-state index contributed by atoms with van der Waals surface area (Å²) < 4.78 is 3.39. The van der Waals surface area contributed by atoms with E-state index in [1.807, 2.05) is 27.5 Å². The van der Waals surface area contributed by atoms with Crippen LogP contribution in [-0.2, 0) is 11.3 Å². The number of nitrogens with zero attached hydrogens (tertiary/aromatic N) is 5. The van der Waals surface area contributed by atoms with Crippen molar-refractivity contribution in [2.45, 2.75) is 24.7 Å². The second kappa shape index (κ2) is 8.98. The van der Waals surface area contributed by atoms with Crippen LogP contribution in [0.15, 0.2) is 46.9 Å². The normalized spacial score (nSPS) is 16.7. The van der Waals surface area contributed by atoms with E-state index in [1.54, 1.807) is 16.7 Å². The zero-order valence-electron chi connectivity index (χ0n) is 16.1. The molecule has 29 heavy (non-hydrogen) atoms. The minimum Gasteiger partial charge on any atom is -0.339 e. The Morgan fingerprint density at radius 3 is 2.93 bits per heavy atom. The molecule has 0 spiro atoms. The monoisotopic (exact) mass is 434 g/mol. The molecule has 1 atom stereocenters. The van der Waals surface area contributed by atoms with Crippen molar-refractivity contribution in [3.05, 3.63) is 47.3 Å². The number of allylic oxidation sites excluding steroid dienone is 1. The number of para-hydroxylation sites is 1. The van der Waals surface area contributed by atoms with E-state index in [2.05, 4.69) is 29.0 Å². The van der Waals surface area contributed by atoms with Gasteiger partial charge in [0.2, 0.25) is 11.7 Å². The number of hydrogen-bond donors (Lipinski definition) is 1. The Balaban J connectivity index is 0.00000240. The fourth-order valence-electron chi connectivity index (χ4n) is 3.50. The summed E-state index contributed by atoms with van der Waals surface area (Å²) >= 11 is 1.34. The van der Waals surface area contributed by atoms with Gasteiger partial charge in [0.15, 0.2) is 5.16 Å². The molecule has 0 bridgehead atoms. The van der Waals surface area contributed by atoms with E-state index < -0.39 is 0 Å². The number of amides is 1. The maximum atomic E-state index is 12.8. The molecule has 1 aliphatic rings. The maximum Gasteiger partial charge on any atom is 0.263 e. The van der Waals surface area contributed by atoms with Gasteiger partial charge in [-0.05, 0) is 19.1 Å². The van der Waals surface area contributed by atoms with Gasteiger partial charge in [0.05, 0.1) is 16.7 Å². The SMILES string of the molecule is C=CCn1c(=O)c2ccccc2n2c(SCC(=O)N3CCN[C@H](C)C3)nnc12.Cl. The standard InChI is InChI=1S/C19H22N6O2S.ClH/c1-3-9-24-17(27)14-6-4-5-7-15(14)25-18(24)21-22-19(25)28-12-16(26)23-10-8-20-13(2)11-23;/h3-7,13,20H,1,8-12H2,2H3;1H/t13-;/m1./s1. The first-order valence-corrected chi connectivity index (χ1v) is 10.2. The van der Waals surface area contributed by atoms with Crippen LogP contribution >= 0.6 is 24.2 Å². The topological polar surface area (TPSA) is 84.5 Å². The van der Waals surface area contributed by atoms with Gasteiger partial charge in [-0.3, -0.25) is 18.6 Å². The molecule has 3 heterocycles. The second-order valence-corrected chi connectivity index (χ2v) is 7.77. The zero-order valence-corrected chi connectivity index (χ0v) is 17.7. The first-order chi connectivity index (χ1) is 13.6. The third kappa shape index (κ3) is 4.03. The van der Waals surface area contributed by atoms with E-state index >= 15 is 0 Å². The summed E-state index contributed by atoms with van der Waals surface area (Å²) in [7, 11) is 0. The Morgan fingerprint density at radius 1 is 1.38 bits per heavy atom. The van der Waals surface area contributed by atoms with Gasteiger partial charge in [-0.2, -0.15) is 0 Å². The fraction of sp³-hybridized carbons (Fsp3) is 0.368. The van der Waals surface area contributed by atoms with Crippen LogP contribution < -0.4 is 10.9 Å². The predicted octanol–water partition coefficient (Wildman–Crippen LogP) is 1.56. The lowest BCUT2D eigenvalue weighted by molar-refractivity contribution is -0.129. The van der Waals surface area contributed by atoms with Gasteiger partial charge in [-0.15, -0.1) is 29.2 Å². The molecule has 0 unspecified atom stereocenters. The number of carbonyl (C=O) groups is 1. The van der Waals surface area contributed by atoms with Crippen molar-refractivity contribution >= 4 is 46.8 Å². The average Bonchev–Trinajstić information content (AvgIpc) is 3.13. The zero-order chi connectivity index (χ0) is 19.7. The summed E-state index contributed by atoms with van der Waals surface area (Å²) in [6, 6.07) is 7.67. The number of hydrogen-bond acceptors (Lipinski definition) is 6. The molecule has 3 aromatic rings. The lowest BCUT2D eigenvalue weighted by Crippen LogP contribution is -2.51. The number of nitrogens with one attached hydrogen (secondary N) is 1. The van der Waals surface area contributed by atoms with Crippen molar-refractivity contribution in [2.75, 3.05) is 25.4 Å². The molecule has 4 rings (SSSR count). The average molecular weight is 435 g/mol. The second-order valence-electron chi connectivity index (χ2n) is 6.82. The third-order valence-electron chi connectivity index (χ3n) is 4.84. The maximum absolute atomic E-state index is 12.8. The summed E-state index contributed by atoms with van der Waals surface area (Å²) in [5.74, 6) is 0.816. The molecular weight excluding hydrogens is 412 g/mol. The molecule has 154 valence electrons. The summed E-state index contributed by atoms with van der Waals surface area (Å²) in [4.78, 5) is 27.3. The molecule has 1 aliphatic heterocycles. The van der Waals surface area contributed by atoms with Crippen LogP contribution in [-0.4, -0.2) is 61.4 Å². The molecule has 0 saturated carbocycles. The highest BCUT2D eigenvalue weighted by Crippen LogP contribution is 2.22. The number of halogens is 1. The lowest BCUT2D eigenvalue weighted by atomic mass is 10.2. The fourth-order valence-corrected chi connectivity index (χ4v) is 4.34. The minimum atomic E-state index is -0.127. The predicted molar refractivity (Wildman–Crippen MR) is 117 cm³/mol. The number of benzene rings is 1. The molecule has 0 radical (unpaired) electrons. The van der Waals surface area contributed by atoms with E-state index in [0.717, 1.165) is 12.1 Å². The van der Waals surface area contributed by atoms with Crippen LogP contribution in [0, 0.1) is 0 Å². The van der Waals surface area contributed by atoms with Crippen molar-refractivity contribution < 1.29 is 4.79 Å². The Kier molecular flexibility index (Phi) is 6.61. The van der Waals surface area contributed by atoms with Gasteiger partial charge < -0.3 is 10.2 Å². The van der Waals surface area contributed by atoms with Crippen LogP contribution in [0.1, 0.15) is 6.92 Å². The van der Waals surface area contributed by atoms with Gasteiger partial charge in [-0.25, -0.2) is 0 Å². The minimum absolute atomic E-state index is 0. The van der Waals surface area contributed by atoms with Crippen molar-refractivity contribution in [3.63, 3.8) is 0 Å². The number of rotatable bonds is 5. The van der Waals surface area contributed by atoms with Crippen LogP contribution in [0.3, 0.4) is 0 Å². The number of piperazine rings is 1. The third-order valence-corrected chi connectivity index (χ3v) is 5.75. The number of carbonyl (C=O) groups excluding carboxylic acids is 1. The molecule has 1 saturated heterocycles. The largest absolute Gasteiger partial charge is 0.339 e. The molecule has 1 fully saturated rings. The molecule has 2 aromatic heterocycles.